The van der Waals surface area contributed by atoms with Gasteiger partial charge in [0.25, 0.3) is 0 Å². The van der Waals surface area contributed by atoms with Gasteiger partial charge in [0.15, 0.2) is 0 Å². The van der Waals surface area contributed by atoms with E-state index in [0.717, 1.165) is 94.3 Å². The van der Waals surface area contributed by atoms with Crippen LogP contribution in [-0.4, -0.2) is 0 Å². The average molecular weight is 819 g/mol. The molecule has 0 spiro atoms. The van der Waals surface area contributed by atoms with Crippen molar-refractivity contribution in [1.82, 2.24) is 0 Å². The SMILES string of the molecule is Cc1ccc(N(c2ccc(C)c(C)c2)c2ccc3cc4c(cc3c2)oc2c(C(C)C)c3oc5cc6cc(N(c7ccc(C)cc7)c7ccc(C)c(C)c7)ccc6cc5c3cc24)cc1. The van der Waals surface area contributed by atoms with Crippen molar-refractivity contribution in [3.63, 3.8) is 0 Å². The minimum Gasteiger partial charge on any atom is -0.456 e. The highest BCUT2D eigenvalue weighted by Crippen LogP contribution is 2.46. The van der Waals surface area contributed by atoms with Gasteiger partial charge in [-0.1, -0.05) is 73.5 Å². The summed E-state index contributed by atoms with van der Waals surface area (Å²) in [6.45, 7) is 17.4. The molecule has 2 heterocycles. The normalized spacial score (nSPS) is 12.0. The quantitative estimate of drug-likeness (QED) is 0.160. The molecule has 0 saturated carbocycles. The monoisotopic (exact) mass is 818 g/mol. The van der Waals surface area contributed by atoms with Crippen molar-refractivity contribution in [3.8, 4) is 0 Å². The Morgan fingerprint density at radius 1 is 0.333 bits per heavy atom. The number of nitrogens with zero attached hydrogens (tertiary/aromatic N) is 2. The zero-order chi connectivity index (χ0) is 43.3. The number of hydrogen-bond donors (Lipinski definition) is 0. The Labute approximate surface area is 368 Å². The Kier molecular flexibility index (Phi) is 8.99. The smallest absolute Gasteiger partial charge is 0.142 e. The van der Waals surface area contributed by atoms with Gasteiger partial charge in [-0.15, -0.1) is 0 Å². The summed E-state index contributed by atoms with van der Waals surface area (Å²) in [6.07, 6.45) is 0. The summed E-state index contributed by atoms with van der Waals surface area (Å²) in [7, 11) is 0. The van der Waals surface area contributed by atoms with Crippen molar-refractivity contribution in [2.24, 2.45) is 0 Å². The molecule has 0 aliphatic heterocycles. The standard InChI is InChI=1S/C59H50N2O2/c1-34(2)57-58-53(51-29-41-15-23-49(27-43(41)31-55(51)62-58)60(45-17-9-35(3)10-18-45)47-21-13-37(5)39(7)25-47)33-54-52-30-42-16-24-50(28-44(42)32-56(52)63-59(54)57)61(46-19-11-36(4)12-20-46)48-22-14-38(6)40(8)26-48/h9-34H,1-8H3. The van der Waals surface area contributed by atoms with Crippen molar-refractivity contribution in [3.05, 3.63) is 191 Å². The van der Waals surface area contributed by atoms with E-state index in [-0.39, 0.29) is 5.92 Å². The summed E-state index contributed by atoms with van der Waals surface area (Å²) in [5.41, 5.74) is 19.0. The van der Waals surface area contributed by atoms with Gasteiger partial charge in [0, 0.05) is 61.2 Å². The van der Waals surface area contributed by atoms with Crippen LogP contribution in [0.5, 0.6) is 0 Å². The number of benzene rings is 9. The van der Waals surface area contributed by atoms with E-state index < -0.39 is 0 Å². The first-order valence-corrected chi connectivity index (χ1v) is 22.1. The molecule has 0 fully saturated rings. The maximum Gasteiger partial charge on any atom is 0.142 e. The van der Waals surface area contributed by atoms with Crippen LogP contribution in [0.4, 0.5) is 34.1 Å². The third-order valence-electron chi connectivity index (χ3n) is 13.3. The highest BCUT2D eigenvalue weighted by atomic mass is 16.3. The van der Waals surface area contributed by atoms with Gasteiger partial charge >= 0.3 is 0 Å². The summed E-state index contributed by atoms with van der Waals surface area (Å²) in [6, 6.07) is 55.9. The molecule has 0 saturated heterocycles. The van der Waals surface area contributed by atoms with Crippen LogP contribution in [0.2, 0.25) is 0 Å². The molecule has 0 radical (unpaired) electrons. The molecule has 0 atom stereocenters. The molecular weight excluding hydrogens is 769 g/mol. The van der Waals surface area contributed by atoms with Crippen LogP contribution in [0.15, 0.2) is 160 Å². The lowest BCUT2D eigenvalue weighted by molar-refractivity contribution is 0.638. The van der Waals surface area contributed by atoms with Gasteiger partial charge < -0.3 is 18.6 Å². The average Bonchev–Trinajstić information content (AvgIpc) is 3.81. The molecule has 4 heteroatoms. The first-order chi connectivity index (χ1) is 30.5. The number of rotatable bonds is 7. The summed E-state index contributed by atoms with van der Waals surface area (Å²) in [4.78, 5) is 4.69. The molecule has 11 aromatic rings. The minimum absolute atomic E-state index is 0.168. The minimum atomic E-state index is 0.168. The number of hydrogen-bond acceptors (Lipinski definition) is 4. The van der Waals surface area contributed by atoms with E-state index in [9.17, 15) is 0 Å². The van der Waals surface area contributed by atoms with Crippen molar-refractivity contribution in [2.75, 3.05) is 9.80 Å². The maximum absolute atomic E-state index is 6.92. The van der Waals surface area contributed by atoms with Crippen molar-refractivity contribution in [1.29, 1.82) is 0 Å². The summed E-state index contributed by atoms with van der Waals surface area (Å²) < 4.78 is 13.8. The van der Waals surface area contributed by atoms with Crippen LogP contribution in [-0.2, 0) is 0 Å². The Hall–Kier alpha value is -7.30. The number of furan rings is 2. The Bertz CT molecular complexity index is 3370. The zero-order valence-electron chi connectivity index (χ0n) is 37.2. The Balaban J connectivity index is 1.05. The predicted molar refractivity (Wildman–Crippen MR) is 268 cm³/mol. The molecule has 9 aromatic carbocycles. The second-order valence-electron chi connectivity index (χ2n) is 18.0. The number of aryl methyl sites for hydroxylation is 6. The molecule has 2 aromatic heterocycles. The highest BCUT2D eigenvalue weighted by Gasteiger charge is 2.23. The molecule has 11 rings (SSSR count). The second-order valence-corrected chi connectivity index (χ2v) is 18.0. The molecule has 63 heavy (non-hydrogen) atoms. The molecule has 0 bridgehead atoms. The Morgan fingerprint density at radius 2 is 0.714 bits per heavy atom. The van der Waals surface area contributed by atoms with Gasteiger partial charge in [-0.3, -0.25) is 0 Å². The highest BCUT2D eigenvalue weighted by molar-refractivity contribution is 6.20. The molecule has 0 aliphatic carbocycles. The van der Waals surface area contributed by atoms with E-state index in [4.69, 9.17) is 8.83 Å². The zero-order valence-corrected chi connectivity index (χ0v) is 37.2. The maximum atomic E-state index is 6.92. The molecule has 0 aliphatic rings. The van der Waals surface area contributed by atoms with E-state index >= 15 is 0 Å². The van der Waals surface area contributed by atoms with Crippen LogP contribution in [0.25, 0.3) is 65.4 Å². The van der Waals surface area contributed by atoms with Gasteiger partial charge in [-0.25, -0.2) is 0 Å². The third-order valence-corrected chi connectivity index (χ3v) is 13.3. The van der Waals surface area contributed by atoms with Gasteiger partial charge in [0.2, 0.25) is 0 Å². The topological polar surface area (TPSA) is 32.8 Å². The van der Waals surface area contributed by atoms with Crippen LogP contribution < -0.4 is 9.80 Å². The van der Waals surface area contributed by atoms with Crippen LogP contribution >= 0.6 is 0 Å². The van der Waals surface area contributed by atoms with Gasteiger partial charge in [-0.2, -0.15) is 0 Å². The van der Waals surface area contributed by atoms with E-state index in [1.54, 1.807) is 0 Å². The lowest BCUT2D eigenvalue weighted by Crippen LogP contribution is -2.10. The van der Waals surface area contributed by atoms with E-state index in [0.29, 0.717) is 0 Å². The van der Waals surface area contributed by atoms with Crippen molar-refractivity contribution < 1.29 is 8.83 Å². The first kappa shape index (κ1) is 38.6. The molecule has 0 amide bonds. The number of anilines is 6. The van der Waals surface area contributed by atoms with Gasteiger partial charge in [0.05, 0.1) is 0 Å². The third kappa shape index (κ3) is 6.52. The van der Waals surface area contributed by atoms with Crippen LogP contribution in [0.3, 0.4) is 0 Å². The predicted octanol–water partition coefficient (Wildman–Crippen LogP) is 17.7. The van der Waals surface area contributed by atoms with Crippen LogP contribution in [0.1, 0.15) is 58.7 Å². The van der Waals surface area contributed by atoms with E-state index in [1.165, 1.54) is 44.2 Å². The molecule has 0 N–H and O–H groups in total. The Morgan fingerprint density at radius 3 is 1.11 bits per heavy atom. The van der Waals surface area contributed by atoms with Crippen LogP contribution in [0, 0.1) is 41.5 Å². The fraction of sp³-hybridized carbons (Fsp3) is 0.153. The largest absolute Gasteiger partial charge is 0.456 e. The summed E-state index contributed by atoms with van der Waals surface area (Å²) >= 11 is 0. The van der Waals surface area contributed by atoms with Gasteiger partial charge in [0.1, 0.15) is 22.3 Å². The van der Waals surface area contributed by atoms with Gasteiger partial charge in [-0.05, 0) is 194 Å². The molecule has 308 valence electrons. The fourth-order valence-corrected chi connectivity index (χ4v) is 9.44. The lowest BCUT2D eigenvalue weighted by Gasteiger charge is -2.26. The number of fused-ring (bicyclic) bond motifs is 8. The molecule has 4 nitrogen and oxygen atoms in total. The van der Waals surface area contributed by atoms with E-state index in [2.05, 4.69) is 217 Å². The van der Waals surface area contributed by atoms with Crippen molar-refractivity contribution in [2.45, 2.75) is 61.3 Å². The van der Waals surface area contributed by atoms with E-state index in [1.807, 2.05) is 0 Å². The lowest BCUT2D eigenvalue weighted by atomic mass is 9.95. The molecular formula is C59H50N2O2. The summed E-state index contributed by atoms with van der Waals surface area (Å²) in [5, 5.41) is 9.05. The fourth-order valence-electron chi connectivity index (χ4n) is 9.44. The first-order valence-electron chi connectivity index (χ1n) is 22.1. The summed E-state index contributed by atoms with van der Waals surface area (Å²) in [5.74, 6) is 0.168. The van der Waals surface area contributed by atoms with Crippen molar-refractivity contribution >= 4 is 99.5 Å². The molecule has 0 unspecified atom stereocenters. The second kappa shape index (κ2) is 14.7.